The number of rotatable bonds is 4. The number of hydrogen-bond donors (Lipinski definition) is 3. The van der Waals surface area contributed by atoms with Gasteiger partial charge in [-0.15, -0.1) is 0 Å². The second-order valence-corrected chi connectivity index (χ2v) is 1.81. The quantitative estimate of drug-likeness (QED) is 0.385. The van der Waals surface area contributed by atoms with Gasteiger partial charge >= 0.3 is 0 Å². The lowest BCUT2D eigenvalue weighted by Crippen LogP contribution is -2.41. The molecule has 0 aliphatic carbocycles. The van der Waals surface area contributed by atoms with Gasteiger partial charge in [0.15, 0.2) is 0 Å². The van der Waals surface area contributed by atoms with Gasteiger partial charge in [-0.25, -0.2) is 0 Å². The van der Waals surface area contributed by atoms with Crippen LogP contribution >= 0.6 is 0 Å². The molecule has 1 unspecified atom stereocenters. The zero-order valence-electron chi connectivity index (χ0n) is 5.83. The first-order chi connectivity index (χ1) is 4.26. The van der Waals surface area contributed by atoms with E-state index in [1.54, 1.807) is 6.92 Å². The van der Waals surface area contributed by atoms with Crippen molar-refractivity contribution in [2.75, 3.05) is 6.54 Å². The van der Waals surface area contributed by atoms with E-state index < -0.39 is 0 Å². The van der Waals surface area contributed by atoms with Crippen LogP contribution in [0.3, 0.4) is 0 Å². The molecular weight excluding hydrogens is 120 g/mol. The minimum atomic E-state index is -0.338. The molecule has 0 aromatic heterocycles. The first-order valence-electron chi connectivity index (χ1n) is 3.11. The molecule has 0 aliphatic heterocycles. The molecule has 1 atom stereocenters. The van der Waals surface area contributed by atoms with Gasteiger partial charge < -0.3 is 10.4 Å². The van der Waals surface area contributed by atoms with Crippen LogP contribution < -0.4 is 5.48 Å². The summed E-state index contributed by atoms with van der Waals surface area (Å²) in [5, 5.41) is 18.3. The minimum Gasteiger partial charge on any atom is -0.315 e. The highest BCUT2D eigenvalue weighted by Gasteiger charge is 2.09. The number of hydrogen-bond acceptors (Lipinski definition) is 4. The van der Waals surface area contributed by atoms with Crippen molar-refractivity contribution in [3.63, 3.8) is 0 Å². The summed E-state index contributed by atoms with van der Waals surface area (Å²) in [6.07, 6.45) is 0.330. The summed E-state index contributed by atoms with van der Waals surface area (Å²) in [5.74, 6) is 0. The van der Waals surface area contributed by atoms with Crippen LogP contribution in [0.15, 0.2) is 0 Å². The molecule has 9 heavy (non-hydrogen) atoms. The molecule has 0 aliphatic rings. The summed E-state index contributed by atoms with van der Waals surface area (Å²) < 4.78 is 0. The normalized spacial score (nSPS) is 14.3. The highest BCUT2D eigenvalue weighted by molar-refractivity contribution is 4.51. The Labute approximate surface area is 55.0 Å². The maximum absolute atomic E-state index is 8.93. The monoisotopic (exact) mass is 134 g/mol. The lowest BCUT2D eigenvalue weighted by Gasteiger charge is -2.21. The topological polar surface area (TPSA) is 55.7 Å². The average molecular weight is 134 g/mol. The Bertz CT molecular complexity index is 66.0. The fourth-order valence-electron chi connectivity index (χ4n) is 0.589. The predicted octanol–water partition coefficient (Wildman–Crippen LogP) is 0.412. The molecule has 0 saturated heterocycles. The Balaban J connectivity index is 3.50. The van der Waals surface area contributed by atoms with Crippen LogP contribution in [0.5, 0.6) is 0 Å². The number of nitrogens with one attached hydrogen (secondary N) is 1. The SMILES string of the molecule is CCC(NO)N(O)CC. The second kappa shape index (κ2) is 4.69. The number of hydroxylamine groups is 3. The smallest absolute Gasteiger partial charge is 0.107 e. The largest absolute Gasteiger partial charge is 0.315 e. The zero-order chi connectivity index (χ0) is 7.28. The molecular formula is C5H14N2O2. The highest BCUT2D eigenvalue weighted by atomic mass is 16.5. The van der Waals surface area contributed by atoms with Crippen molar-refractivity contribution in [3.8, 4) is 0 Å². The highest BCUT2D eigenvalue weighted by Crippen LogP contribution is 1.93. The van der Waals surface area contributed by atoms with Gasteiger partial charge in [0.2, 0.25) is 0 Å². The lowest BCUT2D eigenvalue weighted by atomic mass is 10.4. The molecule has 0 bridgehead atoms. The summed E-state index contributed by atoms with van der Waals surface area (Å²) in [7, 11) is 0. The molecule has 4 heteroatoms. The molecule has 0 rings (SSSR count). The van der Waals surface area contributed by atoms with Gasteiger partial charge in [0.05, 0.1) is 0 Å². The van der Waals surface area contributed by atoms with Gasteiger partial charge in [0, 0.05) is 6.54 Å². The Kier molecular flexibility index (Phi) is 4.61. The van der Waals surface area contributed by atoms with Crippen molar-refractivity contribution < 1.29 is 10.4 Å². The Morgan fingerprint density at radius 1 is 1.56 bits per heavy atom. The van der Waals surface area contributed by atoms with E-state index in [9.17, 15) is 0 Å². The number of nitrogens with zero attached hydrogens (tertiary/aromatic N) is 1. The third-order valence-corrected chi connectivity index (χ3v) is 1.22. The third-order valence-electron chi connectivity index (χ3n) is 1.22. The van der Waals surface area contributed by atoms with E-state index in [1.807, 2.05) is 12.4 Å². The van der Waals surface area contributed by atoms with Gasteiger partial charge in [0.1, 0.15) is 6.17 Å². The van der Waals surface area contributed by atoms with Crippen molar-refractivity contribution in [2.45, 2.75) is 26.4 Å². The van der Waals surface area contributed by atoms with Gasteiger partial charge in [-0.1, -0.05) is 13.8 Å². The molecule has 0 amide bonds. The molecule has 0 spiro atoms. The third kappa shape index (κ3) is 2.76. The molecule has 56 valence electrons. The maximum Gasteiger partial charge on any atom is 0.107 e. The van der Waals surface area contributed by atoms with Crippen LogP contribution in [-0.4, -0.2) is 28.2 Å². The molecule has 3 N–H and O–H groups in total. The zero-order valence-corrected chi connectivity index (χ0v) is 5.83. The van der Waals surface area contributed by atoms with E-state index >= 15 is 0 Å². The lowest BCUT2D eigenvalue weighted by molar-refractivity contribution is -0.160. The standard InChI is InChI=1S/C5H14N2O2/c1-3-5(6-8)7(9)4-2/h5-6,8-9H,3-4H2,1-2H3. The second-order valence-electron chi connectivity index (χ2n) is 1.81. The maximum atomic E-state index is 8.93. The average Bonchev–Trinajstić information content (AvgIpc) is 1.90. The Morgan fingerprint density at radius 3 is 2.22 bits per heavy atom. The first kappa shape index (κ1) is 8.84. The van der Waals surface area contributed by atoms with Crippen molar-refractivity contribution >= 4 is 0 Å². The Hall–Kier alpha value is -0.160. The molecule has 0 aromatic carbocycles. The summed E-state index contributed by atoms with van der Waals surface area (Å²) in [6, 6.07) is 0. The fraction of sp³-hybridized carbons (Fsp3) is 1.00. The van der Waals surface area contributed by atoms with Crippen molar-refractivity contribution in [3.05, 3.63) is 0 Å². The van der Waals surface area contributed by atoms with E-state index in [2.05, 4.69) is 0 Å². The molecule has 0 saturated carbocycles. The van der Waals surface area contributed by atoms with Gasteiger partial charge in [-0.05, 0) is 6.42 Å². The van der Waals surface area contributed by atoms with E-state index in [-0.39, 0.29) is 6.17 Å². The fourth-order valence-corrected chi connectivity index (χ4v) is 0.589. The molecule has 4 nitrogen and oxygen atoms in total. The van der Waals surface area contributed by atoms with Crippen LogP contribution in [-0.2, 0) is 0 Å². The van der Waals surface area contributed by atoms with Gasteiger partial charge in [0.25, 0.3) is 0 Å². The van der Waals surface area contributed by atoms with E-state index in [0.717, 1.165) is 5.06 Å². The van der Waals surface area contributed by atoms with Crippen molar-refractivity contribution in [1.29, 1.82) is 0 Å². The predicted molar refractivity (Wildman–Crippen MR) is 33.2 cm³/mol. The van der Waals surface area contributed by atoms with Crippen LogP contribution in [0.2, 0.25) is 0 Å². The van der Waals surface area contributed by atoms with E-state index in [1.165, 1.54) is 0 Å². The van der Waals surface area contributed by atoms with E-state index in [0.29, 0.717) is 13.0 Å². The summed E-state index contributed by atoms with van der Waals surface area (Å²) in [6.45, 7) is 4.18. The molecule has 0 fully saturated rings. The van der Waals surface area contributed by atoms with E-state index in [4.69, 9.17) is 10.4 Å². The van der Waals surface area contributed by atoms with Crippen LogP contribution in [0.25, 0.3) is 0 Å². The van der Waals surface area contributed by atoms with Crippen LogP contribution in [0.1, 0.15) is 20.3 Å². The van der Waals surface area contributed by atoms with Crippen molar-refractivity contribution in [2.24, 2.45) is 0 Å². The summed E-state index contributed by atoms with van der Waals surface area (Å²) >= 11 is 0. The molecule has 0 radical (unpaired) electrons. The van der Waals surface area contributed by atoms with Crippen molar-refractivity contribution in [1.82, 2.24) is 10.5 Å². The minimum absolute atomic E-state index is 0.338. The van der Waals surface area contributed by atoms with Crippen LogP contribution in [0, 0.1) is 0 Å². The molecule has 0 aromatic rings. The van der Waals surface area contributed by atoms with Gasteiger partial charge in [-0.3, -0.25) is 0 Å². The summed E-state index contributed by atoms with van der Waals surface area (Å²) in [5.41, 5.74) is 1.98. The Morgan fingerprint density at radius 2 is 2.11 bits per heavy atom. The summed E-state index contributed by atoms with van der Waals surface area (Å²) in [4.78, 5) is 0. The first-order valence-corrected chi connectivity index (χ1v) is 3.11. The molecule has 0 heterocycles. The van der Waals surface area contributed by atoms with Crippen LogP contribution in [0.4, 0.5) is 0 Å². The van der Waals surface area contributed by atoms with Gasteiger partial charge in [-0.2, -0.15) is 10.5 Å².